The second kappa shape index (κ2) is 8.33. The van der Waals surface area contributed by atoms with Crippen LogP contribution in [0.15, 0.2) is 12.4 Å². The smallest absolute Gasteiger partial charge is 0.237 e. The van der Waals surface area contributed by atoms with Crippen LogP contribution < -0.4 is 10.6 Å². The highest BCUT2D eigenvalue weighted by molar-refractivity contribution is 5.85. The molecule has 0 unspecified atom stereocenters. The van der Waals surface area contributed by atoms with Crippen LogP contribution in [0.1, 0.15) is 18.7 Å². The van der Waals surface area contributed by atoms with Crippen LogP contribution in [-0.2, 0) is 11.2 Å². The highest BCUT2D eigenvalue weighted by Gasteiger charge is 2.21. The van der Waals surface area contributed by atoms with Gasteiger partial charge in [0.25, 0.3) is 0 Å². The Balaban J connectivity index is 0.00000128. The third-order valence-electron chi connectivity index (χ3n) is 2.59. The number of carbonyl (C=O) groups excluding carboxylic acids is 1. The molecular weight excluding hydrogens is 263 g/mol. The minimum atomic E-state index is 0. The van der Waals surface area contributed by atoms with E-state index >= 15 is 0 Å². The zero-order valence-electron chi connectivity index (χ0n) is 9.44. The van der Waals surface area contributed by atoms with Crippen molar-refractivity contribution < 1.29 is 4.79 Å². The minimum absolute atomic E-state index is 0. The molecule has 98 valence electrons. The van der Waals surface area contributed by atoms with Crippen molar-refractivity contribution in [3.63, 3.8) is 0 Å². The van der Waals surface area contributed by atoms with Crippen molar-refractivity contribution in [1.29, 1.82) is 0 Å². The van der Waals surface area contributed by atoms with Crippen molar-refractivity contribution in [1.82, 2.24) is 20.6 Å². The normalized spacial score (nSPS) is 18.0. The molecule has 1 aliphatic rings. The predicted octanol–water partition coefficient (Wildman–Crippen LogP) is 0.664. The van der Waals surface area contributed by atoms with Gasteiger partial charge in [-0.2, -0.15) is 0 Å². The van der Waals surface area contributed by atoms with E-state index in [4.69, 9.17) is 0 Å². The highest BCUT2D eigenvalue weighted by Crippen LogP contribution is 2.04. The summed E-state index contributed by atoms with van der Waals surface area (Å²) in [5.74, 6) is 1.02. The molecule has 2 heterocycles. The molecule has 5 nitrogen and oxygen atoms in total. The molecule has 0 aromatic carbocycles. The number of aromatic nitrogens is 2. The number of amides is 1. The van der Waals surface area contributed by atoms with Gasteiger partial charge in [0.15, 0.2) is 0 Å². The Morgan fingerprint density at radius 3 is 2.94 bits per heavy atom. The van der Waals surface area contributed by atoms with E-state index in [2.05, 4.69) is 20.6 Å². The van der Waals surface area contributed by atoms with E-state index in [0.29, 0.717) is 6.54 Å². The van der Waals surface area contributed by atoms with Gasteiger partial charge in [-0.1, -0.05) is 0 Å². The fourth-order valence-electron chi connectivity index (χ4n) is 1.77. The topological polar surface area (TPSA) is 69.8 Å². The SMILES string of the molecule is Cl.Cl.O=C(NCCc1ncc[nH]1)[C@@H]1CCCN1. The average Bonchev–Trinajstić information content (AvgIpc) is 2.90. The highest BCUT2D eigenvalue weighted by atomic mass is 35.5. The van der Waals surface area contributed by atoms with Crippen molar-refractivity contribution >= 4 is 30.7 Å². The van der Waals surface area contributed by atoms with Crippen LogP contribution in [0.25, 0.3) is 0 Å². The van der Waals surface area contributed by atoms with Gasteiger partial charge in [0.05, 0.1) is 6.04 Å². The van der Waals surface area contributed by atoms with E-state index in [1.165, 1.54) is 0 Å². The maximum Gasteiger partial charge on any atom is 0.237 e. The molecule has 1 aromatic rings. The summed E-state index contributed by atoms with van der Waals surface area (Å²) in [6, 6.07) is 0.0154. The van der Waals surface area contributed by atoms with Crippen LogP contribution in [0.3, 0.4) is 0 Å². The summed E-state index contributed by atoms with van der Waals surface area (Å²) in [5.41, 5.74) is 0. The van der Waals surface area contributed by atoms with E-state index in [1.807, 2.05) is 0 Å². The Labute approximate surface area is 113 Å². The number of nitrogens with one attached hydrogen (secondary N) is 3. The zero-order chi connectivity index (χ0) is 10.5. The summed E-state index contributed by atoms with van der Waals surface area (Å²) in [5, 5.41) is 6.07. The fourth-order valence-corrected chi connectivity index (χ4v) is 1.77. The van der Waals surface area contributed by atoms with Crippen molar-refractivity contribution in [3.05, 3.63) is 18.2 Å². The van der Waals surface area contributed by atoms with Gasteiger partial charge in [-0.25, -0.2) is 4.98 Å². The molecule has 0 bridgehead atoms. The molecule has 0 radical (unpaired) electrons. The van der Waals surface area contributed by atoms with Crippen LogP contribution in [0.2, 0.25) is 0 Å². The molecule has 3 N–H and O–H groups in total. The lowest BCUT2D eigenvalue weighted by Crippen LogP contribution is -2.41. The quantitative estimate of drug-likeness (QED) is 0.759. The molecule has 1 amide bonds. The molecule has 0 spiro atoms. The number of halogens is 2. The molecule has 0 saturated carbocycles. The predicted molar refractivity (Wildman–Crippen MR) is 70.8 cm³/mol. The Bertz CT molecular complexity index is 312. The van der Waals surface area contributed by atoms with Gasteiger partial charge < -0.3 is 15.6 Å². The number of H-pyrrole nitrogens is 1. The molecule has 1 fully saturated rings. The first-order chi connectivity index (χ1) is 7.36. The summed E-state index contributed by atoms with van der Waals surface area (Å²) in [7, 11) is 0. The number of hydrogen-bond donors (Lipinski definition) is 3. The van der Waals surface area contributed by atoms with Gasteiger partial charge in [-0.05, 0) is 19.4 Å². The average molecular weight is 281 g/mol. The summed E-state index contributed by atoms with van der Waals surface area (Å²) >= 11 is 0. The van der Waals surface area contributed by atoms with Crippen LogP contribution in [0.4, 0.5) is 0 Å². The molecule has 2 rings (SSSR count). The third-order valence-corrected chi connectivity index (χ3v) is 2.59. The standard InChI is InChI=1S/C10H16N4O.2ClH/c15-10(8-2-1-4-11-8)14-5-3-9-12-6-7-13-9;;/h6-8,11H,1-5H2,(H,12,13)(H,14,15);2*1H/t8-;;/m0../s1. The van der Waals surface area contributed by atoms with Gasteiger partial charge in [0.2, 0.25) is 5.91 Å². The van der Waals surface area contributed by atoms with E-state index in [-0.39, 0.29) is 36.8 Å². The maximum absolute atomic E-state index is 11.6. The number of nitrogens with zero attached hydrogens (tertiary/aromatic N) is 1. The van der Waals surface area contributed by atoms with Crippen LogP contribution in [0.5, 0.6) is 0 Å². The molecule has 0 aliphatic carbocycles. The van der Waals surface area contributed by atoms with Gasteiger partial charge in [-0.3, -0.25) is 4.79 Å². The Morgan fingerprint density at radius 2 is 2.35 bits per heavy atom. The molecule has 1 atom stereocenters. The van der Waals surface area contributed by atoms with E-state index in [0.717, 1.165) is 31.6 Å². The van der Waals surface area contributed by atoms with Gasteiger partial charge in [0, 0.05) is 25.4 Å². The fraction of sp³-hybridized carbons (Fsp3) is 0.600. The summed E-state index contributed by atoms with van der Waals surface area (Å²) < 4.78 is 0. The first-order valence-electron chi connectivity index (χ1n) is 5.35. The number of aromatic amines is 1. The zero-order valence-corrected chi connectivity index (χ0v) is 11.1. The largest absolute Gasteiger partial charge is 0.354 e. The van der Waals surface area contributed by atoms with Gasteiger partial charge in [-0.15, -0.1) is 24.8 Å². The van der Waals surface area contributed by atoms with Crippen LogP contribution in [-0.4, -0.2) is 35.0 Å². The molecule has 17 heavy (non-hydrogen) atoms. The summed E-state index contributed by atoms with van der Waals surface area (Å²) in [6.45, 7) is 1.60. The van der Waals surface area contributed by atoms with Crippen LogP contribution >= 0.6 is 24.8 Å². The number of imidazole rings is 1. The Hall–Kier alpha value is -0.780. The van der Waals surface area contributed by atoms with Gasteiger partial charge in [0.1, 0.15) is 5.82 Å². The van der Waals surface area contributed by atoms with E-state index < -0.39 is 0 Å². The lowest BCUT2D eigenvalue weighted by Gasteiger charge is -2.10. The van der Waals surface area contributed by atoms with Gasteiger partial charge >= 0.3 is 0 Å². The van der Waals surface area contributed by atoms with Crippen LogP contribution in [0, 0.1) is 0 Å². The maximum atomic E-state index is 11.6. The van der Waals surface area contributed by atoms with E-state index in [9.17, 15) is 4.79 Å². The van der Waals surface area contributed by atoms with Crippen molar-refractivity contribution in [2.75, 3.05) is 13.1 Å². The second-order valence-electron chi connectivity index (χ2n) is 3.73. The lowest BCUT2D eigenvalue weighted by atomic mass is 10.2. The Morgan fingerprint density at radius 1 is 1.53 bits per heavy atom. The van der Waals surface area contributed by atoms with Crippen molar-refractivity contribution in [2.24, 2.45) is 0 Å². The first-order valence-corrected chi connectivity index (χ1v) is 5.35. The lowest BCUT2D eigenvalue weighted by molar-refractivity contribution is -0.122. The minimum Gasteiger partial charge on any atom is -0.354 e. The van der Waals surface area contributed by atoms with Crippen molar-refractivity contribution in [3.8, 4) is 0 Å². The monoisotopic (exact) mass is 280 g/mol. The molecule has 1 aliphatic heterocycles. The van der Waals surface area contributed by atoms with E-state index in [1.54, 1.807) is 12.4 Å². The molecule has 7 heteroatoms. The molecular formula is C10H18Cl2N4O. The summed E-state index contributed by atoms with van der Waals surface area (Å²) in [4.78, 5) is 18.7. The number of carbonyl (C=O) groups is 1. The first kappa shape index (κ1) is 16.2. The number of hydrogen-bond acceptors (Lipinski definition) is 3. The third kappa shape index (κ3) is 4.93. The molecule has 1 saturated heterocycles. The number of rotatable bonds is 4. The summed E-state index contributed by atoms with van der Waals surface area (Å²) in [6.07, 6.45) is 6.31. The van der Waals surface area contributed by atoms with Crippen molar-refractivity contribution in [2.45, 2.75) is 25.3 Å². The molecule has 1 aromatic heterocycles. The Kier molecular flexibility index (Phi) is 7.95. The second-order valence-corrected chi connectivity index (χ2v) is 3.73.